The van der Waals surface area contributed by atoms with E-state index in [2.05, 4.69) is 98.9 Å². The number of rotatable bonds is 78. The van der Waals surface area contributed by atoms with E-state index in [1.165, 1.54) is 289 Å². The summed E-state index contributed by atoms with van der Waals surface area (Å²) in [6.07, 6.45) is 104. The van der Waals surface area contributed by atoms with Crippen LogP contribution in [0.1, 0.15) is 399 Å². The first kappa shape index (κ1) is 93.5. The lowest BCUT2D eigenvalue weighted by atomic mass is 10.0. The third-order valence-electron chi connectivity index (χ3n) is 18.7. The SMILES string of the molecule is CC/C=C\C/C=C\C/C=C\C/C=C\C/C=C\C/C=C\C/C=C\CCCCCCCCCCCCCCCCCCCCCC(=O)OC(COC(=O)CCCCCCCCCCCCCCCCCCCCCCCCCCCCCCCCC)COC(OCC[N+](C)(C)C)C(=O)[O-]. The van der Waals surface area contributed by atoms with Crippen LogP contribution in [0.15, 0.2) is 85.1 Å². The molecule has 0 aromatic heterocycles. The van der Waals surface area contributed by atoms with Gasteiger partial charge in [0.2, 0.25) is 0 Å². The molecule has 9 heteroatoms. The van der Waals surface area contributed by atoms with Crippen LogP contribution in [0.25, 0.3) is 0 Å². The average molecular weight is 1360 g/mol. The van der Waals surface area contributed by atoms with Gasteiger partial charge in [-0.3, -0.25) is 9.59 Å². The number of likely N-dealkylation sites (N-methyl/N-ethyl adjacent to an activating group) is 1. The zero-order valence-electron chi connectivity index (χ0n) is 64.7. The summed E-state index contributed by atoms with van der Waals surface area (Å²) in [4.78, 5) is 37.6. The van der Waals surface area contributed by atoms with Crippen molar-refractivity contribution in [1.82, 2.24) is 0 Å². The number of carboxylic acids is 1. The van der Waals surface area contributed by atoms with Gasteiger partial charge in [0.25, 0.3) is 0 Å². The Morgan fingerprint density at radius 1 is 0.320 bits per heavy atom. The van der Waals surface area contributed by atoms with Crippen LogP contribution in [0, 0.1) is 0 Å². The maximum absolute atomic E-state index is 13.0. The third kappa shape index (κ3) is 79.7. The van der Waals surface area contributed by atoms with E-state index in [0.29, 0.717) is 23.9 Å². The van der Waals surface area contributed by atoms with Crippen LogP contribution in [-0.4, -0.2) is 82.3 Å². The molecule has 0 aromatic carbocycles. The predicted octanol–water partition coefficient (Wildman–Crippen LogP) is 25.6. The zero-order valence-corrected chi connectivity index (χ0v) is 64.7. The largest absolute Gasteiger partial charge is 0.545 e. The lowest BCUT2D eigenvalue weighted by molar-refractivity contribution is -0.870. The Hall–Kier alpha value is -3.53. The Balaban J connectivity index is 3.97. The summed E-state index contributed by atoms with van der Waals surface area (Å²) >= 11 is 0. The minimum Gasteiger partial charge on any atom is -0.545 e. The van der Waals surface area contributed by atoms with Crippen LogP contribution in [0.3, 0.4) is 0 Å². The molecule has 0 saturated carbocycles. The molecule has 0 rings (SSSR count). The molecule has 9 nitrogen and oxygen atoms in total. The van der Waals surface area contributed by atoms with Crippen molar-refractivity contribution < 1.29 is 42.9 Å². The maximum atomic E-state index is 13.0. The highest BCUT2D eigenvalue weighted by Gasteiger charge is 2.22. The number of carbonyl (C=O) groups is 3. The number of nitrogens with zero attached hydrogens (tertiary/aromatic N) is 1. The Morgan fingerprint density at radius 2 is 0.588 bits per heavy atom. The van der Waals surface area contributed by atoms with Crippen LogP contribution in [0.4, 0.5) is 0 Å². The molecule has 564 valence electrons. The molecular formula is C88H159NO8. The molecule has 2 unspecified atom stereocenters. The van der Waals surface area contributed by atoms with Gasteiger partial charge >= 0.3 is 11.9 Å². The summed E-state index contributed by atoms with van der Waals surface area (Å²) in [7, 11) is 5.95. The Bertz CT molecular complexity index is 1870. The number of esters is 2. The third-order valence-corrected chi connectivity index (χ3v) is 18.7. The molecule has 0 aliphatic rings. The smallest absolute Gasteiger partial charge is 0.306 e. The Labute approximate surface area is 601 Å². The minimum absolute atomic E-state index is 0.149. The molecule has 0 bridgehead atoms. The summed E-state index contributed by atoms with van der Waals surface area (Å²) in [5.74, 6) is -2.25. The highest BCUT2D eigenvalue weighted by Crippen LogP contribution is 2.20. The van der Waals surface area contributed by atoms with Crippen LogP contribution >= 0.6 is 0 Å². The lowest BCUT2D eigenvalue weighted by Crippen LogP contribution is -2.44. The molecule has 0 amide bonds. The predicted molar refractivity (Wildman–Crippen MR) is 417 cm³/mol. The number of hydrogen-bond acceptors (Lipinski definition) is 8. The van der Waals surface area contributed by atoms with E-state index in [9.17, 15) is 19.5 Å². The van der Waals surface area contributed by atoms with Gasteiger partial charge in [-0.25, -0.2) is 0 Å². The Morgan fingerprint density at radius 3 is 0.876 bits per heavy atom. The zero-order chi connectivity index (χ0) is 70.4. The van der Waals surface area contributed by atoms with Gasteiger partial charge in [-0.05, 0) is 70.6 Å². The fourth-order valence-corrected chi connectivity index (χ4v) is 12.3. The molecule has 2 atom stereocenters. The van der Waals surface area contributed by atoms with Crippen molar-refractivity contribution >= 4 is 17.9 Å². The molecular weight excluding hydrogens is 1200 g/mol. The lowest BCUT2D eigenvalue weighted by Gasteiger charge is -2.26. The normalized spacial score (nSPS) is 13.0. The molecule has 0 N–H and O–H groups in total. The number of carboxylic acid groups (broad SMARTS) is 1. The van der Waals surface area contributed by atoms with E-state index < -0.39 is 24.3 Å². The first-order valence-electron chi connectivity index (χ1n) is 41.7. The maximum Gasteiger partial charge on any atom is 0.306 e. The first-order valence-corrected chi connectivity index (χ1v) is 41.7. The minimum atomic E-state index is -1.62. The van der Waals surface area contributed by atoms with Crippen LogP contribution in [0.5, 0.6) is 0 Å². The number of ether oxygens (including phenoxy) is 4. The van der Waals surface area contributed by atoms with Crippen molar-refractivity contribution in [1.29, 1.82) is 0 Å². The van der Waals surface area contributed by atoms with Gasteiger partial charge in [0.15, 0.2) is 12.4 Å². The van der Waals surface area contributed by atoms with Gasteiger partial charge in [0.05, 0.1) is 40.3 Å². The van der Waals surface area contributed by atoms with Crippen molar-refractivity contribution in [3.05, 3.63) is 85.1 Å². The molecule has 0 saturated heterocycles. The monoisotopic (exact) mass is 1360 g/mol. The molecule has 0 aliphatic heterocycles. The molecule has 0 aromatic rings. The molecule has 0 fully saturated rings. The van der Waals surface area contributed by atoms with Gasteiger partial charge in [0, 0.05) is 12.8 Å². The number of aliphatic carboxylic acids is 1. The van der Waals surface area contributed by atoms with Crippen molar-refractivity contribution in [2.24, 2.45) is 0 Å². The van der Waals surface area contributed by atoms with Crippen LogP contribution in [0.2, 0.25) is 0 Å². The van der Waals surface area contributed by atoms with Gasteiger partial charge in [-0.1, -0.05) is 401 Å². The fourth-order valence-electron chi connectivity index (χ4n) is 12.3. The van der Waals surface area contributed by atoms with E-state index in [0.717, 1.165) is 77.0 Å². The van der Waals surface area contributed by atoms with E-state index >= 15 is 0 Å². The number of quaternary nitrogens is 1. The number of unbranched alkanes of at least 4 members (excludes halogenated alkanes) is 49. The summed E-state index contributed by atoms with van der Waals surface area (Å²) in [5.41, 5.74) is 0. The molecule has 97 heavy (non-hydrogen) atoms. The fraction of sp³-hybridized carbons (Fsp3) is 0.807. The van der Waals surface area contributed by atoms with E-state index in [4.69, 9.17) is 18.9 Å². The topological polar surface area (TPSA) is 111 Å². The van der Waals surface area contributed by atoms with E-state index in [-0.39, 0.29) is 32.2 Å². The summed E-state index contributed by atoms with van der Waals surface area (Å²) in [6, 6.07) is 0. The molecule has 0 spiro atoms. The van der Waals surface area contributed by atoms with E-state index in [1.54, 1.807) is 0 Å². The molecule has 0 aliphatic carbocycles. The van der Waals surface area contributed by atoms with Crippen molar-refractivity contribution in [2.75, 3.05) is 47.5 Å². The second kappa shape index (κ2) is 78.2. The summed E-state index contributed by atoms with van der Waals surface area (Å²) in [5, 5.41) is 11.9. The van der Waals surface area contributed by atoms with Crippen LogP contribution in [-0.2, 0) is 33.3 Å². The van der Waals surface area contributed by atoms with Crippen molar-refractivity contribution in [3.63, 3.8) is 0 Å². The van der Waals surface area contributed by atoms with Crippen molar-refractivity contribution in [3.8, 4) is 0 Å². The van der Waals surface area contributed by atoms with Gasteiger partial charge in [-0.15, -0.1) is 0 Å². The van der Waals surface area contributed by atoms with Crippen LogP contribution < -0.4 is 5.11 Å². The first-order chi connectivity index (χ1) is 47.6. The molecule has 0 radical (unpaired) electrons. The highest BCUT2D eigenvalue weighted by molar-refractivity contribution is 5.70. The van der Waals surface area contributed by atoms with Gasteiger partial charge in [-0.2, -0.15) is 0 Å². The average Bonchev–Trinajstić information content (AvgIpc) is 3.27. The molecule has 0 heterocycles. The second-order valence-corrected chi connectivity index (χ2v) is 29.4. The highest BCUT2D eigenvalue weighted by atomic mass is 16.7. The number of carbonyl (C=O) groups excluding carboxylic acids is 3. The second-order valence-electron chi connectivity index (χ2n) is 29.4. The quantitative estimate of drug-likeness (QED) is 0.0195. The summed E-state index contributed by atoms with van der Waals surface area (Å²) in [6.45, 7) is 4.70. The summed E-state index contributed by atoms with van der Waals surface area (Å²) < 4.78 is 22.9. The number of hydrogen-bond donors (Lipinski definition) is 0. The van der Waals surface area contributed by atoms with Crippen molar-refractivity contribution in [2.45, 2.75) is 411 Å². The standard InChI is InChI=1S/C88H159NO8/c1-6-8-10-12-14-16-18-20-22-24-26-28-30-32-34-36-38-39-40-41-42-43-44-45-46-47-49-51-53-55-57-59-61-63-65-67-69-71-73-75-77-79-86(91)97-84(83-96-88(87(92)93)94-81-80-89(3,4)5)82-95-85(90)78-76-74-72-70-68-66-64-62-60-58-56-54-52-50-48-37-35-33-31-29-27-25-23-21-19-17-15-13-11-9-7-2/h8,10,14,16,20,22,26,28,32,34,38-39,41-42,84,88H,6-7,9,11-13,15,17-19,21,23-25,27,29-31,33,35-37,40,43-83H2,1-5H3/b10-8-,16-14-,22-20-,28-26-,34-32-,39-38-,42-41-. The number of allylic oxidation sites excluding steroid dienone is 14. The Kier molecular flexibility index (Phi) is 75.3. The van der Waals surface area contributed by atoms with E-state index in [1.807, 2.05) is 21.1 Å². The van der Waals surface area contributed by atoms with Gasteiger partial charge in [0.1, 0.15) is 13.2 Å². The van der Waals surface area contributed by atoms with Gasteiger partial charge < -0.3 is 33.3 Å².